The molecule has 0 amide bonds. The zero-order chi connectivity index (χ0) is 16.1. The van der Waals surface area contributed by atoms with Crippen molar-refractivity contribution < 1.29 is 24.1 Å². The summed E-state index contributed by atoms with van der Waals surface area (Å²) in [4.78, 5) is 0. The number of benzene rings is 2. The molecule has 1 N–H and O–H groups in total. The predicted molar refractivity (Wildman–Crippen MR) is 84.8 cm³/mol. The number of aliphatic hydroxyl groups excluding tert-OH is 1. The SMILES string of the molecule is COCOc1cc(CCc2ccc3c(c2)OCO3)ccc1CO. The van der Waals surface area contributed by atoms with E-state index in [1.165, 1.54) is 5.56 Å². The molecule has 0 bridgehead atoms. The Kier molecular flexibility index (Phi) is 5.00. The molecule has 0 aliphatic carbocycles. The number of fused-ring (bicyclic) bond motifs is 1. The first-order valence-corrected chi connectivity index (χ1v) is 7.53. The Balaban J connectivity index is 1.67. The Labute approximate surface area is 135 Å². The van der Waals surface area contributed by atoms with Crippen LogP contribution >= 0.6 is 0 Å². The van der Waals surface area contributed by atoms with Gasteiger partial charge in [-0.2, -0.15) is 0 Å². The second-order valence-corrected chi connectivity index (χ2v) is 5.34. The minimum atomic E-state index is -0.0541. The van der Waals surface area contributed by atoms with E-state index in [4.69, 9.17) is 18.9 Å². The first-order valence-electron chi connectivity index (χ1n) is 7.53. The molecule has 23 heavy (non-hydrogen) atoms. The molecule has 5 heteroatoms. The normalized spacial score (nSPS) is 12.4. The second kappa shape index (κ2) is 7.35. The monoisotopic (exact) mass is 316 g/mol. The van der Waals surface area contributed by atoms with Gasteiger partial charge in [-0.05, 0) is 42.2 Å². The predicted octanol–water partition coefficient (Wildman–Crippen LogP) is 2.68. The Morgan fingerprint density at radius 1 is 1.00 bits per heavy atom. The smallest absolute Gasteiger partial charge is 0.231 e. The molecular formula is C18H20O5. The molecule has 0 aromatic heterocycles. The summed E-state index contributed by atoms with van der Waals surface area (Å²) in [6.07, 6.45) is 1.76. The van der Waals surface area contributed by atoms with Gasteiger partial charge in [-0.15, -0.1) is 0 Å². The highest BCUT2D eigenvalue weighted by atomic mass is 16.7. The third-order valence-corrected chi connectivity index (χ3v) is 3.77. The summed E-state index contributed by atoms with van der Waals surface area (Å²) >= 11 is 0. The molecular weight excluding hydrogens is 296 g/mol. The maximum Gasteiger partial charge on any atom is 0.231 e. The Bertz CT molecular complexity index is 668. The molecule has 0 saturated carbocycles. The molecule has 0 atom stereocenters. The van der Waals surface area contributed by atoms with Gasteiger partial charge in [-0.1, -0.05) is 18.2 Å². The van der Waals surface area contributed by atoms with Crippen molar-refractivity contribution in [3.05, 3.63) is 53.1 Å². The van der Waals surface area contributed by atoms with Gasteiger partial charge in [0.1, 0.15) is 5.75 Å². The van der Waals surface area contributed by atoms with Gasteiger partial charge in [0.25, 0.3) is 0 Å². The van der Waals surface area contributed by atoms with Crippen molar-refractivity contribution in [3.63, 3.8) is 0 Å². The Morgan fingerprint density at radius 3 is 2.52 bits per heavy atom. The summed E-state index contributed by atoms with van der Waals surface area (Å²) in [5, 5.41) is 9.36. The lowest BCUT2D eigenvalue weighted by atomic mass is 10.0. The van der Waals surface area contributed by atoms with Gasteiger partial charge < -0.3 is 24.1 Å². The lowest BCUT2D eigenvalue weighted by molar-refractivity contribution is 0.0494. The fourth-order valence-electron chi connectivity index (χ4n) is 2.53. The average molecular weight is 316 g/mol. The van der Waals surface area contributed by atoms with Gasteiger partial charge in [0.2, 0.25) is 6.79 Å². The summed E-state index contributed by atoms with van der Waals surface area (Å²) < 4.78 is 21.2. The van der Waals surface area contributed by atoms with Gasteiger partial charge in [0.15, 0.2) is 18.3 Å². The number of hydrogen-bond donors (Lipinski definition) is 1. The van der Waals surface area contributed by atoms with Gasteiger partial charge in [0.05, 0.1) is 6.61 Å². The van der Waals surface area contributed by atoms with E-state index in [2.05, 4.69) is 6.07 Å². The van der Waals surface area contributed by atoms with Gasteiger partial charge >= 0.3 is 0 Å². The van der Waals surface area contributed by atoms with Crippen LogP contribution in [0, 0.1) is 0 Å². The average Bonchev–Trinajstić information content (AvgIpc) is 3.05. The highest BCUT2D eigenvalue weighted by Crippen LogP contribution is 2.33. The van der Waals surface area contributed by atoms with Crippen LogP contribution in [0.3, 0.4) is 0 Å². The number of ether oxygens (including phenoxy) is 4. The van der Waals surface area contributed by atoms with E-state index >= 15 is 0 Å². The molecule has 1 aliphatic heterocycles. The molecule has 0 saturated heterocycles. The second-order valence-electron chi connectivity index (χ2n) is 5.34. The standard InChI is InChI=1S/C18H20O5/c1-20-11-21-17-8-13(4-6-15(17)10-19)2-3-14-5-7-16-18(9-14)23-12-22-16/h4-9,19H,2-3,10-12H2,1H3. The third kappa shape index (κ3) is 3.75. The van der Waals surface area contributed by atoms with Crippen LogP contribution in [-0.2, 0) is 24.2 Å². The number of hydrogen-bond acceptors (Lipinski definition) is 5. The van der Waals surface area contributed by atoms with E-state index < -0.39 is 0 Å². The first-order chi connectivity index (χ1) is 11.3. The van der Waals surface area contributed by atoms with Crippen molar-refractivity contribution in [1.29, 1.82) is 0 Å². The number of aliphatic hydroxyl groups is 1. The quantitative estimate of drug-likeness (QED) is 0.796. The van der Waals surface area contributed by atoms with Crippen molar-refractivity contribution in [2.45, 2.75) is 19.4 Å². The molecule has 5 nitrogen and oxygen atoms in total. The molecule has 1 heterocycles. The Hall–Kier alpha value is -2.24. The molecule has 0 radical (unpaired) electrons. The van der Waals surface area contributed by atoms with Crippen molar-refractivity contribution >= 4 is 0 Å². The lowest BCUT2D eigenvalue weighted by Crippen LogP contribution is -2.03. The van der Waals surface area contributed by atoms with Crippen LogP contribution in [0.4, 0.5) is 0 Å². The largest absolute Gasteiger partial charge is 0.467 e. The van der Waals surface area contributed by atoms with Crippen LogP contribution in [0.2, 0.25) is 0 Å². The van der Waals surface area contributed by atoms with Crippen LogP contribution in [0.15, 0.2) is 36.4 Å². The summed E-state index contributed by atoms with van der Waals surface area (Å²) in [7, 11) is 1.57. The van der Waals surface area contributed by atoms with Gasteiger partial charge in [-0.25, -0.2) is 0 Å². The van der Waals surface area contributed by atoms with Gasteiger partial charge in [-0.3, -0.25) is 0 Å². The summed E-state index contributed by atoms with van der Waals surface area (Å²) in [5.74, 6) is 2.27. The highest BCUT2D eigenvalue weighted by Gasteiger charge is 2.13. The summed E-state index contributed by atoms with van der Waals surface area (Å²) in [6.45, 7) is 0.404. The molecule has 2 aromatic carbocycles. The number of aryl methyl sites for hydroxylation is 2. The topological polar surface area (TPSA) is 57.2 Å². The molecule has 122 valence electrons. The number of rotatable bonds is 7. The lowest BCUT2D eigenvalue weighted by Gasteiger charge is -2.11. The maximum absolute atomic E-state index is 9.36. The maximum atomic E-state index is 9.36. The van der Waals surface area contributed by atoms with E-state index in [0.29, 0.717) is 12.5 Å². The van der Waals surface area contributed by atoms with E-state index in [1.807, 2.05) is 30.3 Å². The van der Waals surface area contributed by atoms with Crippen LogP contribution in [0.25, 0.3) is 0 Å². The van der Waals surface area contributed by atoms with E-state index in [1.54, 1.807) is 7.11 Å². The van der Waals surface area contributed by atoms with E-state index in [0.717, 1.165) is 35.5 Å². The zero-order valence-electron chi connectivity index (χ0n) is 13.1. The molecule has 2 aromatic rings. The van der Waals surface area contributed by atoms with Crippen LogP contribution in [0.5, 0.6) is 17.2 Å². The van der Waals surface area contributed by atoms with E-state index in [9.17, 15) is 5.11 Å². The van der Waals surface area contributed by atoms with Crippen LogP contribution in [0.1, 0.15) is 16.7 Å². The van der Waals surface area contributed by atoms with Crippen LogP contribution < -0.4 is 14.2 Å². The molecule has 0 unspecified atom stereocenters. The third-order valence-electron chi connectivity index (χ3n) is 3.77. The fourth-order valence-corrected chi connectivity index (χ4v) is 2.53. The molecule has 0 fully saturated rings. The minimum absolute atomic E-state index is 0.0541. The van der Waals surface area contributed by atoms with Crippen molar-refractivity contribution in [2.24, 2.45) is 0 Å². The highest BCUT2D eigenvalue weighted by molar-refractivity contribution is 5.45. The summed E-state index contributed by atoms with van der Waals surface area (Å²) in [6, 6.07) is 11.9. The number of methoxy groups -OCH3 is 1. The molecule has 1 aliphatic rings. The van der Waals surface area contributed by atoms with Crippen LogP contribution in [-0.4, -0.2) is 25.8 Å². The van der Waals surface area contributed by atoms with Gasteiger partial charge in [0, 0.05) is 12.7 Å². The van der Waals surface area contributed by atoms with Crippen molar-refractivity contribution in [3.8, 4) is 17.2 Å². The first kappa shape index (κ1) is 15.6. The molecule has 0 spiro atoms. The molecule has 3 rings (SSSR count). The zero-order valence-corrected chi connectivity index (χ0v) is 13.1. The van der Waals surface area contributed by atoms with Crippen molar-refractivity contribution in [1.82, 2.24) is 0 Å². The van der Waals surface area contributed by atoms with Crippen molar-refractivity contribution in [2.75, 3.05) is 20.7 Å². The van der Waals surface area contributed by atoms with E-state index in [-0.39, 0.29) is 13.4 Å². The summed E-state index contributed by atoms with van der Waals surface area (Å²) in [5.41, 5.74) is 3.10. The Morgan fingerprint density at radius 2 is 1.74 bits per heavy atom. The fraction of sp³-hybridized carbons (Fsp3) is 0.333. The minimum Gasteiger partial charge on any atom is -0.467 e.